The number of aryl methyl sites for hydroxylation is 1. The number of aromatic nitrogens is 3. The highest BCUT2D eigenvalue weighted by molar-refractivity contribution is 5.75. The molecule has 6 heteroatoms. The predicted molar refractivity (Wildman–Crippen MR) is 104 cm³/mol. The number of likely N-dealkylation sites (tertiary alicyclic amines) is 2. The molecule has 0 saturated carbocycles. The Labute approximate surface area is 160 Å². The van der Waals surface area contributed by atoms with Gasteiger partial charge in [-0.3, -0.25) is 4.98 Å². The Bertz CT molecular complexity index is 788. The summed E-state index contributed by atoms with van der Waals surface area (Å²) in [6.45, 7) is 5.31. The van der Waals surface area contributed by atoms with Crippen LogP contribution in [-0.4, -0.2) is 57.0 Å². The fourth-order valence-corrected chi connectivity index (χ4v) is 4.21. The van der Waals surface area contributed by atoms with Gasteiger partial charge in [-0.1, -0.05) is 0 Å². The van der Waals surface area contributed by atoms with E-state index in [4.69, 9.17) is 4.98 Å². The van der Waals surface area contributed by atoms with Gasteiger partial charge in [-0.05, 0) is 56.7 Å². The molecule has 2 fully saturated rings. The van der Waals surface area contributed by atoms with Crippen molar-refractivity contribution in [3.8, 4) is 11.1 Å². The van der Waals surface area contributed by atoms with Gasteiger partial charge in [0.15, 0.2) is 0 Å². The number of carbonyl (C=O) groups excluding carboxylic acids is 1. The summed E-state index contributed by atoms with van der Waals surface area (Å²) in [7, 11) is 0. The van der Waals surface area contributed by atoms with E-state index in [0.29, 0.717) is 0 Å². The van der Waals surface area contributed by atoms with Crippen molar-refractivity contribution in [1.29, 1.82) is 0 Å². The van der Waals surface area contributed by atoms with Crippen molar-refractivity contribution < 1.29 is 4.79 Å². The molecule has 0 spiro atoms. The fourth-order valence-electron chi connectivity index (χ4n) is 4.21. The monoisotopic (exact) mass is 365 g/mol. The molecule has 2 aromatic rings. The number of pyridine rings is 1. The first-order valence-electron chi connectivity index (χ1n) is 10.00. The van der Waals surface area contributed by atoms with Crippen molar-refractivity contribution in [3.63, 3.8) is 0 Å². The highest BCUT2D eigenvalue weighted by atomic mass is 16.2. The number of nitrogens with zero attached hydrogens (tertiary/aromatic N) is 5. The third kappa shape index (κ3) is 3.94. The van der Waals surface area contributed by atoms with E-state index in [1.165, 1.54) is 6.42 Å². The molecule has 27 heavy (non-hydrogen) atoms. The van der Waals surface area contributed by atoms with Crippen molar-refractivity contribution >= 4 is 6.03 Å². The van der Waals surface area contributed by atoms with Crippen LogP contribution in [0.3, 0.4) is 0 Å². The van der Waals surface area contributed by atoms with Crippen LogP contribution in [0.1, 0.15) is 49.5 Å². The molecule has 2 amide bonds. The van der Waals surface area contributed by atoms with E-state index in [9.17, 15) is 4.79 Å². The summed E-state index contributed by atoms with van der Waals surface area (Å²) in [5.41, 5.74) is 3.20. The summed E-state index contributed by atoms with van der Waals surface area (Å²) >= 11 is 0. The van der Waals surface area contributed by atoms with E-state index in [1.807, 2.05) is 35.1 Å². The van der Waals surface area contributed by atoms with Crippen LogP contribution in [0.15, 0.2) is 30.7 Å². The van der Waals surface area contributed by atoms with E-state index in [0.717, 1.165) is 74.5 Å². The third-order valence-electron chi connectivity index (χ3n) is 5.64. The van der Waals surface area contributed by atoms with Gasteiger partial charge < -0.3 is 9.80 Å². The minimum absolute atomic E-state index is 0.204. The molecule has 0 aromatic carbocycles. The Morgan fingerprint density at radius 3 is 2.56 bits per heavy atom. The predicted octanol–water partition coefficient (Wildman–Crippen LogP) is 3.63. The van der Waals surface area contributed by atoms with Gasteiger partial charge in [0, 0.05) is 56.3 Å². The minimum atomic E-state index is 0.204. The second-order valence-corrected chi connectivity index (χ2v) is 7.57. The third-order valence-corrected chi connectivity index (χ3v) is 5.64. The van der Waals surface area contributed by atoms with E-state index < -0.39 is 0 Å². The average molecular weight is 365 g/mol. The van der Waals surface area contributed by atoms with Crippen LogP contribution in [0.5, 0.6) is 0 Å². The molecule has 1 atom stereocenters. The smallest absolute Gasteiger partial charge is 0.320 e. The van der Waals surface area contributed by atoms with Gasteiger partial charge in [0.05, 0.1) is 5.69 Å². The molecule has 0 bridgehead atoms. The van der Waals surface area contributed by atoms with Gasteiger partial charge in [-0.15, -0.1) is 0 Å². The van der Waals surface area contributed by atoms with Gasteiger partial charge >= 0.3 is 6.03 Å². The number of piperidine rings is 2. The SMILES string of the molecule is Cc1ncc(-c2ccncc2)c([C@H]2CCCN(C(=O)N3CCCCC3)C2)n1. The molecule has 2 saturated heterocycles. The molecule has 142 valence electrons. The highest BCUT2D eigenvalue weighted by Gasteiger charge is 2.30. The number of hydrogen-bond acceptors (Lipinski definition) is 4. The van der Waals surface area contributed by atoms with Crippen molar-refractivity contribution in [2.24, 2.45) is 0 Å². The molecule has 0 aliphatic carbocycles. The molecular formula is C21H27N5O. The summed E-state index contributed by atoms with van der Waals surface area (Å²) in [6.07, 6.45) is 11.1. The first kappa shape index (κ1) is 17.9. The quantitative estimate of drug-likeness (QED) is 0.815. The van der Waals surface area contributed by atoms with Crippen molar-refractivity contribution in [3.05, 3.63) is 42.2 Å². The molecule has 0 unspecified atom stereocenters. The molecule has 0 N–H and O–H groups in total. The second kappa shape index (κ2) is 8.03. The largest absolute Gasteiger partial charge is 0.325 e. The second-order valence-electron chi connectivity index (χ2n) is 7.57. The Morgan fingerprint density at radius 2 is 1.78 bits per heavy atom. The van der Waals surface area contributed by atoms with Crippen molar-refractivity contribution in [2.75, 3.05) is 26.2 Å². The van der Waals surface area contributed by atoms with Gasteiger partial charge in [0.2, 0.25) is 0 Å². The maximum atomic E-state index is 13.0. The molecular weight excluding hydrogens is 338 g/mol. The van der Waals surface area contributed by atoms with Crippen LogP contribution in [-0.2, 0) is 0 Å². The van der Waals surface area contributed by atoms with Gasteiger partial charge in [0.1, 0.15) is 5.82 Å². The van der Waals surface area contributed by atoms with Crippen LogP contribution < -0.4 is 0 Å². The van der Waals surface area contributed by atoms with E-state index in [1.54, 1.807) is 12.4 Å². The van der Waals surface area contributed by atoms with E-state index in [2.05, 4.69) is 9.97 Å². The zero-order chi connectivity index (χ0) is 18.6. The standard InChI is InChI=1S/C21H27N5O/c1-16-23-14-19(17-7-9-22-10-8-17)20(24-16)18-6-5-13-26(15-18)21(27)25-11-3-2-4-12-25/h7-10,14,18H,2-6,11-13,15H2,1H3/t18-/m0/s1. The number of carbonyl (C=O) groups is 1. The Balaban J connectivity index is 1.58. The maximum absolute atomic E-state index is 13.0. The lowest BCUT2D eigenvalue weighted by Crippen LogP contribution is -2.48. The first-order chi connectivity index (χ1) is 13.2. The molecule has 2 aliphatic heterocycles. The lowest BCUT2D eigenvalue weighted by molar-refractivity contribution is 0.130. The summed E-state index contributed by atoms with van der Waals surface area (Å²) < 4.78 is 0. The zero-order valence-electron chi connectivity index (χ0n) is 16.0. The lowest BCUT2D eigenvalue weighted by atomic mass is 9.90. The number of amides is 2. The Hall–Kier alpha value is -2.50. The molecule has 6 nitrogen and oxygen atoms in total. The topological polar surface area (TPSA) is 62.2 Å². The summed E-state index contributed by atoms with van der Waals surface area (Å²) in [4.78, 5) is 30.4. The van der Waals surface area contributed by atoms with Crippen molar-refractivity contribution in [2.45, 2.75) is 44.9 Å². The fraction of sp³-hybridized carbons (Fsp3) is 0.524. The van der Waals surface area contributed by atoms with Crippen LogP contribution in [0.2, 0.25) is 0 Å². The summed E-state index contributed by atoms with van der Waals surface area (Å²) in [5, 5.41) is 0. The number of hydrogen-bond donors (Lipinski definition) is 0. The van der Waals surface area contributed by atoms with Gasteiger partial charge in [0.25, 0.3) is 0 Å². The van der Waals surface area contributed by atoms with Crippen LogP contribution >= 0.6 is 0 Å². The number of urea groups is 1. The summed E-state index contributed by atoms with van der Waals surface area (Å²) in [5.74, 6) is 1.03. The number of rotatable bonds is 2. The van der Waals surface area contributed by atoms with Crippen molar-refractivity contribution in [1.82, 2.24) is 24.8 Å². The van der Waals surface area contributed by atoms with E-state index in [-0.39, 0.29) is 11.9 Å². The normalized spacial score (nSPS) is 20.6. The molecule has 4 heterocycles. The molecule has 4 rings (SSSR count). The first-order valence-corrected chi connectivity index (χ1v) is 10.00. The Kier molecular flexibility index (Phi) is 5.32. The zero-order valence-corrected chi connectivity index (χ0v) is 16.0. The molecule has 2 aliphatic rings. The Morgan fingerprint density at radius 1 is 1.04 bits per heavy atom. The van der Waals surface area contributed by atoms with Gasteiger partial charge in [-0.25, -0.2) is 14.8 Å². The molecule has 0 radical (unpaired) electrons. The minimum Gasteiger partial charge on any atom is -0.325 e. The van der Waals surface area contributed by atoms with Gasteiger partial charge in [-0.2, -0.15) is 0 Å². The molecule has 2 aromatic heterocycles. The van der Waals surface area contributed by atoms with Crippen LogP contribution in [0.4, 0.5) is 4.79 Å². The lowest BCUT2D eigenvalue weighted by Gasteiger charge is -2.38. The highest BCUT2D eigenvalue weighted by Crippen LogP contribution is 2.33. The van der Waals surface area contributed by atoms with E-state index >= 15 is 0 Å². The average Bonchev–Trinajstić information content (AvgIpc) is 2.74. The maximum Gasteiger partial charge on any atom is 0.320 e. The summed E-state index contributed by atoms with van der Waals surface area (Å²) in [6, 6.07) is 4.20. The van der Waals surface area contributed by atoms with Crippen LogP contribution in [0, 0.1) is 6.92 Å². The van der Waals surface area contributed by atoms with Crippen LogP contribution in [0.25, 0.3) is 11.1 Å².